The first-order valence-corrected chi connectivity index (χ1v) is 6.64. The zero-order chi connectivity index (χ0) is 14.7. The molecule has 20 heavy (non-hydrogen) atoms. The number of nitrogen functional groups attached to an aromatic ring is 1. The second-order valence-electron chi connectivity index (χ2n) is 5.02. The molecule has 2 unspecified atom stereocenters. The minimum atomic E-state index is -0.869. The molecule has 2 atom stereocenters. The van der Waals surface area contributed by atoms with Crippen molar-refractivity contribution >= 4 is 23.3 Å². The summed E-state index contributed by atoms with van der Waals surface area (Å²) in [7, 11) is 0. The monoisotopic (exact) mass is 277 g/mol. The van der Waals surface area contributed by atoms with Crippen LogP contribution in [0.2, 0.25) is 0 Å². The fraction of sp³-hybridized carbons (Fsp3) is 0.429. The quantitative estimate of drug-likeness (QED) is 0.717. The number of likely N-dealkylation sites (tertiary alicyclic amines) is 1. The number of rotatable bonds is 4. The first kappa shape index (κ1) is 14.3. The lowest BCUT2D eigenvalue weighted by Gasteiger charge is -2.27. The molecule has 4 N–H and O–H groups in total. The van der Waals surface area contributed by atoms with Crippen LogP contribution in [-0.2, 0) is 9.59 Å². The van der Waals surface area contributed by atoms with Gasteiger partial charge in [0.15, 0.2) is 0 Å². The molecule has 1 aliphatic heterocycles. The SMILES string of the molecule is CC(C(=O)Nc1cccc(N)c1)N1CCCC1C(=O)O. The summed E-state index contributed by atoms with van der Waals surface area (Å²) >= 11 is 0. The number of carboxylic acids is 1. The first-order chi connectivity index (χ1) is 9.49. The van der Waals surface area contributed by atoms with Crippen molar-refractivity contribution in [3.8, 4) is 0 Å². The summed E-state index contributed by atoms with van der Waals surface area (Å²) < 4.78 is 0. The van der Waals surface area contributed by atoms with Crippen LogP contribution in [0.3, 0.4) is 0 Å². The van der Waals surface area contributed by atoms with Crippen LogP contribution in [0.25, 0.3) is 0 Å². The third kappa shape index (κ3) is 3.08. The highest BCUT2D eigenvalue weighted by Crippen LogP contribution is 2.21. The predicted octanol–water partition coefficient (Wildman–Crippen LogP) is 1.14. The van der Waals surface area contributed by atoms with E-state index in [0.717, 1.165) is 6.42 Å². The van der Waals surface area contributed by atoms with E-state index in [0.29, 0.717) is 24.3 Å². The van der Waals surface area contributed by atoms with Crippen molar-refractivity contribution in [3.63, 3.8) is 0 Å². The van der Waals surface area contributed by atoms with Crippen molar-refractivity contribution in [1.82, 2.24) is 4.90 Å². The Morgan fingerprint density at radius 3 is 2.90 bits per heavy atom. The Morgan fingerprint density at radius 1 is 1.50 bits per heavy atom. The van der Waals surface area contributed by atoms with E-state index in [1.54, 1.807) is 36.1 Å². The average molecular weight is 277 g/mol. The Bertz CT molecular complexity index is 518. The van der Waals surface area contributed by atoms with E-state index in [9.17, 15) is 9.59 Å². The van der Waals surface area contributed by atoms with Crippen molar-refractivity contribution in [3.05, 3.63) is 24.3 Å². The first-order valence-electron chi connectivity index (χ1n) is 6.64. The van der Waals surface area contributed by atoms with E-state index in [1.165, 1.54) is 0 Å². The summed E-state index contributed by atoms with van der Waals surface area (Å²) in [6, 6.07) is 5.85. The van der Waals surface area contributed by atoms with E-state index in [4.69, 9.17) is 10.8 Å². The highest BCUT2D eigenvalue weighted by atomic mass is 16.4. The highest BCUT2D eigenvalue weighted by molar-refractivity contribution is 5.95. The number of hydrogen-bond donors (Lipinski definition) is 3. The molecule has 6 nitrogen and oxygen atoms in total. The molecule has 1 fully saturated rings. The predicted molar refractivity (Wildman–Crippen MR) is 76.3 cm³/mol. The molecule has 1 amide bonds. The van der Waals surface area contributed by atoms with Crippen LogP contribution < -0.4 is 11.1 Å². The number of amides is 1. The van der Waals surface area contributed by atoms with E-state index in [2.05, 4.69) is 5.32 Å². The Morgan fingerprint density at radius 2 is 2.25 bits per heavy atom. The number of hydrogen-bond acceptors (Lipinski definition) is 4. The van der Waals surface area contributed by atoms with Gasteiger partial charge in [-0.05, 0) is 44.5 Å². The van der Waals surface area contributed by atoms with E-state index >= 15 is 0 Å². The maximum atomic E-state index is 12.2. The third-order valence-corrected chi connectivity index (χ3v) is 3.61. The van der Waals surface area contributed by atoms with Gasteiger partial charge in [0.1, 0.15) is 6.04 Å². The molecule has 1 saturated heterocycles. The van der Waals surface area contributed by atoms with Crippen LogP contribution in [0.1, 0.15) is 19.8 Å². The highest BCUT2D eigenvalue weighted by Gasteiger charge is 2.36. The fourth-order valence-corrected chi connectivity index (χ4v) is 2.53. The summed E-state index contributed by atoms with van der Waals surface area (Å²) in [4.78, 5) is 25.1. The van der Waals surface area contributed by atoms with Gasteiger partial charge >= 0.3 is 5.97 Å². The smallest absolute Gasteiger partial charge is 0.320 e. The molecule has 0 bridgehead atoms. The summed E-state index contributed by atoms with van der Waals surface area (Å²) in [5.74, 6) is -1.09. The van der Waals surface area contributed by atoms with Gasteiger partial charge in [0, 0.05) is 11.4 Å². The van der Waals surface area contributed by atoms with Crippen LogP contribution >= 0.6 is 0 Å². The van der Waals surface area contributed by atoms with Gasteiger partial charge in [0.05, 0.1) is 6.04 Å². The van der Waals surface area contributed by atoms with Crippen molar-refractivity contribution in [2.24, 2.45) is 0 Å². The minimum absolute atomic E-state index is 0.219. The number of nitrogens with one attached hydrogen (secondary N) is 1. The molecule has 1 aliphatic rings. The average Bonchev–Trinajstić information content (AvgIpc) is 2.87. The number of aliphatic carboxylic acids is 1. The third-order valence-electron chi connectivity index (χ3n) is 3.61. The van der Waals surface area contributed by atoms with E-state index in [1.807, 2.05) is 0 Å². The van der Waals surface area contributed by atoms with Gasteiger partial charge < -0.3 is 16.2 Å². The van der Waals surface area contributed by atoms with Crippen LogP contribution in [-0.4, -0.2) is 40.5 Å². The Kier molecular flexibility index (Phi) is 4.24. The van der Waals surface area contributed by atoms with E-state index in [-0.39, 0.29) is 5.91 Å². The number of carbonyl (C=O) groups excluding carboxylic acids is 1. The number of nitrogens with two attached hydrogens (primary N) is 1. The van der Waals surface area contributed by atoms with Gasteiger partial charge in [-0.3, -0.25) is 14.5 Å². The lowest BCUT2D eigenvalue weighted by molar-refractivity contribution is -0.143. The summed E-state index contributed by atoms with van der Waals surface area (Å²) in [6.45, 7) is 2.35. The molecule has 6 heteroatoms. The summed E-state index contributed by atoms with van der Waals surface area (Å²) in [5.41, 5.74) is 6.84. The van der Waals surface area contributed by atoms with Gasteiger partial charge in [-0.15, -0.1) is 0 Å². The topological polar surface area (TPSA) is 95.7 Å². The van der Waals surface area contributed by atoms with Crippen molar-refractivity contribution in [2.45, 2.75) is 31.8 Å². The lowest BCUT2D eigenvalue weighted by atomic mass is 10.2. The minimum Gasteiger partial charge on any atom is -0.480 e. The van der Waals surface area contributed by atoms with Crippen LogP contribution in [0, 0.1) is 0 Å². The molecule has 0 spiro atoms. The Labute approximate surface area is 117 Å². The van der Waals surface area contributed by atoms with Crippen LogP contribution in [0.15, 0.2) is 24.3 Å². The van der Waals surface area contributed by atoms with Gasteiger partial charge in [0.2, 0.25) is 5.91 Å². The molecular weight excluding hydrogens is 258 g/mol. The molecule has 1 aromatic carbocycles. The van der Waals surface area contributed by atoms with Crippen LogP contribution in [0.4, 0.5) is 11.4 Å². The molecule has 108 valence electrons. The number of benzene rings is 1. The maximum Gasteiger partial charge on any atom is 0.320 e. The Hall–Kier alpha value is -2.08. The zero-order valence-corrected chi connectivity index (χ0v) is 11.4. The van der Waals surface area contributed by atoms with Crippen molar-refractivity contribution in [1.29, 1.82) is 0 Å². The number of anilines is 2. The summed E-state index contributed by atoms with van der Waals surface area (Å²) in [6.07, 6.45) is 1.39. The van der Waals surface area contributed by atoms with Crippen LogP contribution in [0.5, 0.6) is 0 Å². The normalized spacial score (nSPS) is 20.6. The molecule has 2 rings (SSSR count). The van der Waals surface area contributed by atoms with Gasteiger partial charge in [-0.2, -0.15) is 0 Å². The molecule has 1 aromatic rings. The van der Waals surface area contributed by atoms with E-state index < -0.39 is 18.1 Å². The standard InChI is InChI=1S/C14H19N3O3/c1-9(17-7-3-6-12(17)14(19)20)13(18)16-11-5-2-4-10(15)8-11/h2,4-5,8-9,12H,3,6-7,15H2,1H3,(H,16,18)(H,19,20). The molecule has 0 saturated carbocycles. The zero-order valence-electron chi connectivity index (χ0n) is 11.4. The molecular formula is C14H19N3O3. The lowest BCUT2D eigenvalue weighted by Crippen LogP contribution is -2.47. The largest absolute Gasteiger partial charge is 0.480 e. The number of nitrogens with zero attached hydrogens (tertiary/aromatic N) is 1. The van der Waals surface area contributed by atoms with Crippen molar-refractivity contribution in [2.75, 3.05) is 17.6 Å². The molecule has 0 radical (unpaired) electrons. The maximum absolute atomic E-state index is 12.2. The number of carboxylic acid groups (broad SMARTS) is 1. The van der Waals surface area contributed by atoms with Gasteiger partial charge in [0.25, 0.3) is 0 Å². The molecule has 1 heterocycles. The Balaban J connectivity index is 2.03. The van der Waals surface area contributed by atoms with Gasteiger partial charge in [-0.25, -0.2) is 0 Å². The second kappa shape index (κ2) is 5.92. The van der Waals surface area contributed by atoms with Crippen molar-refractivity contribution < 1.29 is 14.7 Å². The molecule has 0 aromatic heterocycles. The second-order valence-corrected chi connectivity index (χ2v) is 5.02. The van der Waals surface area contributed by atoms with Gasteiger partial charge in [-0.1, -0.05) is 6.07 Å². The molecule has 0 aliphatic carbocycles. The fourth-order valence-electron chi connectivity index (χ4n) is 2.53. The summed E-state index contributed by atoms with van der Waals surface area (Å²) in [5, 5.41) is 11.9. The number of carbonyl (C=O) groups is 2.